The summed E-state index contributed by atoms with van der Waals surface area (Å²) in [5, 5.41) is 8.12. The van der Waals surface area contributed by atoms with Crippen LogP contribution < -0.4 is 10.5 Å². The van der Waals surface area contributed by atoms with E-state index >= 15 is 0 Å². The van der Waals surface area contributed by atoms with Crippen molar-refractivity contribution in [2.24, 2.45) is 15.9 Å². The van der Waals surface area contributed by atoms with Crippen LogP contribution in [0.4, 0.5) is 8.78 Å². The van der Waals surface area contributed by atoms with E-state index in [1.54, 1.807) is 0 Å². The van der Waals surface area contributed by atoms with Crippen molar-refractivity contribution >= 4 is 52.3 Å². The van der Waals surface area contributed by atoms with E-state index in [1.807, 2.05) is 30.3 Å². The van der Waals surface area contributed by atoms with Gasteiger partial charge in [-0.2, -0.15) is 5.10 Å². The fraction of sp³-hybridized carbons (Fsp3) is 0.0455. The number of nitrogens with two attached hydrogens (primary N) is 1. The summed E-state index contributed by atoms with van der Waals surface area (Å²) in [5.41, 5.74) is 6.24. The van der Waals surface area contributed by atoms with Crippen molar-refractivity contribution in [1.29, 1.82) is 0 Å². The van der Waals surface area contributed by atoms with Gasteiger partial charge in [0.2, 0.25) is 0 Å². The molecule has 10 heteroatoms. The molecule has 0 aliphatic rings. The minimum atomic E-state index is -1.26. The molecule has 0 aliphatic carbocycles. The molecule has 0 atom stereocenters. The molecule has 0 aliphatic heterocycles. The fourth-order valence-corrected chi connectivity index (χ4v) is 3.69. The van der Waals surface area contributed by atoms with Gasteiger partial charge in [0.05, 0.1) is 11.2 Å². The normalized spacial score (nSPS) is 11.7. The van der Waals surface area contributed by atoms with Crippen molar-refractivity contribution in [3.63, 3.8) is 0 Å². The van der Waals surface area contributed by atoms with Crippen LogP contribution >= 0.6 is 35.0 Å². The van der Waals surface area contributed by atoms with Crippen LogP contribution in [-0.4, -0.2) is 17.4 Å². The summed E-state index contributed by atoms with van der Waals surface area (Å²) in [6, 6.07) is 15.4. The molecule has 0 amide bonds. The first-order chi connectivity index (χ1) is 15.3. The number of rotatable bonds is 6. The lowest BCUT2D eigenvalue weighted by atomic mass is 10.2. The SMILES string of the molecule is NC(=NN=Cc1cc(Cl)cc(Cl)c1OC(=O)c1c(F)cccc1F)SCc1ccccc1. The third-order valence-electron chi connectivity index (χ3n) is 3.98. The zero-order chi connectivity index (χ0) is 23.1. The molecule has 0 bridgehead atoms. The summed E-state index contributed by atoms with van der Waals surface area (Å²) >= 11 is 13.4. The molecule has 164 valence electrons. The average molecular weight is 494 g/mol. The maximum Gasteiger partial charge on any atom is 0.349 e. The molecule has 0 unspecified atom stereocenters. The van der Waals surface area contributed by atoms with Gasteiger partial charge in [-0.3, -0.25) is 0 Å². The standard InChI is InChI=1S/C22H15Cl2F2N3O2S/c23-15-9-14(11-28-29-22(27)32-12-13-5-2-1-3-6-13)20(16(24)10-15)31-21(30)19-17(25)7-4-8-18(19)26/h1-11H,12H2,(H2,27,29). The van der Waals surface area contributed by atoms with E-state index < -0.39 is 23.2 Å². The number of thioether (sulfide) groups is 1. The number of benzene rings is 3. The number of halogens is 4. The maximum atomic E-state index is 13.9. The van der Waals surface area contributed by atoms with Crippen LogP contribution in [0.25, 0.3) is 0 Å². The van der Waals surface area contributed by atoms with Crippen LogP contribution in [0.1, 0.15) is 21.5 Å². The maximum absolute atomic E-state index is 13.9. The number of esters is 1. The number of hydrogen-bond acceptors (Lipinski definition) is 5. The number of amidine groups is 1. The van der Waals surface area contributed by atoms with E-state index in [1.165, 1.54) is 30.1 Å². The molecule has 0 heterocycles. The van der Waals surface area contributed by atoms with Gasteiger partial charge >= 0.3 is 5.97 Å². The average Bonchev–Trinajstić information content (AvgIpc) is 2.75. The van der Waals surface area contributed by atoms with Gasteiger partial charge in [-0.15, -0.1) is 5.10 Å². The predicted octanol–water partition coefficient (Wildman–Crippen LogP) is 6.07. The quantitative estimate of drug-likeness (QED) is 0.148. The van der Waals surface area contributed by atoms with E-state index in [0.29, 0.717) is 5.75 Å². The Kier molecular flexibility index (Phi) is 8.21. The number of carbonyl (C=O) groups is 1. The highest BCUT2D eigenvalue weighted by atomic mass is 35.5. The summed E-state index contributed by atoms with van der Waals surface area (Å²) < 4.78 is 33.0. The third kappa shape index (κ3) is 6.29. The summed E-state index contributed by atoms with van der Waals surface area (Å²) in [6.45, 7) is 0. The topological polar surface area (TPSA) is 77.0 Å². The first-order valence-electron chi connectivity index (χ1n) is 9.03. The van der Waals surface area contributed by atoms with Crippen LogP contribution in [0.5, 0.6) is 5.75 Å². The van der Waals surface area contributed by atoms with Crippen molar-refractivity contribution in [3.8, 4) is 5.75 Å². The largest absolute Gasteiger partial charge is 0.420 e. The first kappa shape index (κ1) is 23.7. The molecule has 0 aromatic heterocycles. The van der Waals surface area contributed by atoms with Crippen LogP contribution in [0.15, 0.2) is 70.9 Å². The van der Waals surface area contributed by atoms with Crippen molar-refractivity contribution in [2.45, 2.75) is 5.75 Å². The Bertz CT molecular complexity index is 1170. The highest BCUT2D eigenvalue weighted by Gasteiger charge is 2.22. The molecule has 2 N–H and O–H groups in total. The van der Waals surface area contributed by atoms with Gasteiger partial charge in [-0.1, -0.05) is 71.4 Å². The molecule has 3 aromatic rings. The molecule has 3 aromatic carbocycles. The Morgan fingerprint density at radius 3 is 2.44 bits per heavy atom. The minimum absolute atomic E-state index is 0.0561. The van der Waals surface area contributed by atoms with Crippen molar-refractivity contribution in [1.82, 2.24) is 0 Å². The van der Waals surface area contributed by atoms with Crippen LogP contribution in [0.2, 0.25) is 10.0 Å². The second kappa shape index (κ2) is 11.1. The van der Waals surface area contributed by atoms with Gasteiger partial charge in [-0.05, 0) is 29.8 Å². The lowest BCUT2D eigenvalue weighted by Crippen LogP contribution is -2.14. The van der Waals surface area contributed by atoms with E-state index in [0.717, 1.165) is 23.8 Å². The molecule has 32 heavy (non-hydrogen) atoms. The van der Waals surface area contributed by atoms with E-state index in [9.17, 15) is 13.6 Å². The second-order valence-corrected chi connectivity index (χ2v) is 8.09. The molecule has 5 nitrogen and oxygen atoms in total. The Labute approximate surface area is 196 Å². The minimum Gasteiger partial charge on any atom is -0.420 e. The summed E-state index contributed by atoms with van der Waals surface area (Å²) in [7, 11) is 0. The second-order valence-electron chi connectivity index (χ2n) is 6.25. The van der Waals surface area contributed by atoms with Crippen LogP contribution in [0, 0.1) is 11.6 Å². The van der Waals surface area contributed by atoms with Crippen molar-refractivity contribution < 1.29 is 18.3 Å². The third-order valence-corrected chi connectivity index (χ3v) is 5.34. The number of carbonyl (C=O) groups excluding carboxylic acids is 1. The number of ether oxygens (including phenoxy) is 1. The molecular weight excluding hydrogens is 479 g/mol. The smallest absolute Gasteiger partial charge is 0.349 e. The zero-order valence-electron chi connectivity index (χ0n) is 16.3. The highest BCUT2D eigenvalue weighted by Crippen LogP contribution is 2.32. The first-order valence-corrected chi connectivity index (χ1v) is 10.8. The number of hydrogen-bond donors (Lipinski definition) is 1. The Morgan fingerprint density at radius 1 is 1.06 bits per heavy atom. The van der Waals surface area contributed by atoms with Crippen LogP contribution in [0.3, 0.4) is 0 Å². The highest BCUT2D eigenvalue weighted by molar-refractivity contribution is 8.13. The van der Waals surface area contributed by atoms with Gasteiger partial charge in [0.25, 0.3) is 0 Å². The monoisotopic (exact) mass is 493 g/mol. The zero-order valence-corrected chi connectivity index (χ0v) is 18.6. The number of nitrogens with zero attached hydrogens (tertiary/aromatic N) is 2. The summed E-state index contributed by atoms with van der Waals surface area (Å²) in [5.74, 6) is -2.98. The van der Waals surface area contributed by atoms with Gasteiger partial charge in [0.15, 0.2) is 10.9 Å². The van der Waals surface area contributed by atoms with E-state index in [-0.39, 0.29) is 26.5 Å². The van der Waals surface area contributed by atoms with Gasteiger partial charge in [0.1, 0.15) is 17.2 Å². The molecule has 3 rings (SSSR count). The Hall–Kier alpha value is -2.94. The molecule has 0 spiro atoms. The summed E-state index contributed by atoms with van der Waals surface area (Å²) in [4.78, 5) is 12.4. The predicted molar refractivity (Wildman–Crippen MR) is 125 cm³/mol. The molecule has 0 saturated carbocycles. The lowest BCUT2D eigenvalue weighted by molar-refractivity contribution is 0.0724. The van der Waals surface area contributed by atoms with E-state index in [4.69, 9.17) is 33.7 Å². The van der Waals surface area contributed by atoms with Crippen molar-refractivity contribution in [3.05, 3.63) is 99.0 Å². The van der Waals surface area contributed by atoms with Crippen LogP contribution in [-0.2, 0) is 5.75 Å². The lowest BCUT2D eigenvalue weighted by Gasteiger charge is -2.10. The fourth-order valence-electron chi connectivity index (χ4n) is 2.53. The molecule has 0 fully saturated rings. The van der Waals surface area contributed by atoms with Gasteiger partial charge in [-0.25, -0.2) is 13.6 Å². The molecule has 0 radical (unpaired) electrons. The van der Waals surface area contributed by atoms with Gasteiger partial charge < -0.3 is 10.5 Å². The van der Waals surface area contributed by atoms with E-state index in [2.05, 4.69) is 10.2 Å². The van der Waals surface area contributed by atoms with Crippen molar-refractivity contribution in [2.75, 3.05) is 0 Å². The Morgan fingerprint density at radius 2 is 1.75 bits per heavy atom. The summed E-state index contributed by atoms with van der Waals surface area (Å²) in [6.07, 6.45) is 1.22. The Balaban J connectivity index is 1.79. The molecule has 0 saturated heterocycles. The molecular formula is C22H15Cl2F2N3O2S. The van der Waals surface area contributed by atoms with Gasteiger partial charge in [0, 0.05) is 16.3 Å².